The second kappa shape index (κ2) is 9.46. The van der Waals surface area contributed by atoms with Gasteiger partial charge < -0.3 is 4.74 Å². The molecule has 7 nitrogen and oxygen atoms in total. The van der Waals surface area contributed by atoms with E-state index in [1.54, 1.807) is 33.0 Å². The van der Waals surface area contributed by atoms with E-state index in [0.29, 0.717) is 24.3 Å². The van der Waals surface area contributed by atoms with Gasteiger partial charge in [-0.25, -0.2) is 18.2 Å². The van der Waals surface area contributed by atoms with Gasteiger partial charge in [-0.05, 0) is 36.8 Å². The van der Waals surface area contributed by atoms with Crippen molar-refractivity contribution in [1.29, 1.82) is 0 Å². The summed E-state index contributed by atoms with van der Waals surface area (Å²) in [6.45, 7) is 6.00. The molecule has 0 unspecified atom stereocenters. The van der Waals surface area contributed by atoms with E-state index in [-0.39, 0.29) is 17.1 Å². The molecule has 0 aliphatic heterocycles. The molecule has 3 aromatic rings. The van der Waals surface area contributed by atoms with Gasteiger partial charge in [-0.2, -0.15) is 4.31 Å². The maximum absolute atomic E-state index is 12.8. The van der Waals surface area contributed by atoms with Gasteiger partial charge in [0, 0.05) is 24.7 Å². The Morgan fingerprint density at radius 1 is 1.17 bits per heavy atom. The molecule has 1 aromatic carbocycles. The highest BCUT2D eigenvalue weighted by Crippen LogP contribution is 2.23. The second-order valence-corrected chi connectivity index (χ2v) is 9.30. The molecule has 0 spiro atoms. The topological polar surface area (TPSA) is 89.5 Å². The largest absolute Gasteiger partial charge is 0.456 e. The van der Waals surface area contributed by atoms with Crippen LogP contribution in [0, 0.1) is 6.92 Å². The van der Waals surface area contributed by atoms with Gasteiger partial charge in [-0.3, -0.25) is 4.98 Å². The Morgan fingerprint density at radius 3 is 2.60 bits per heavy atom. The Labute approximate surface area is 180 Å². The number of sulfonamides is 1. The summed E-state index contributed by atoms with van der Waals surface area (Å²) in [5, 5.41) is 2.55. The molecule has 0 atom stereocenters. The van der Waals surface area contributed by atoms with Crippen LogP contribution in [0.4, 0.5) is 0 Å². The SMILES string of the molecule is CCN(CC)S(=O)(=O)c1ccc(C)c(C(=O)OCc2csc(-c3ccccn3)n2)c1. The number of benzene rings is 1. The van der Waals surface area contributed by atoms with Crippen LogP contribution in [0.15, 0.2) is 52.9 Å². The quantitative estimate of drug-likeness (QED) is 0.489. The summed E-state index contributed by atoms with van der Waals surface area (Å²) < 4.78 is 32.3. The third-order valence-electron chi connectivity index (χ3n) is 4.56. The van der Waals surface area contributed by atoms with Crippen LogP contribution in [-0.4, -0.2) is 41.7 Å². The molecule has 0 N–H and O–H groups in total. The van der Waals surface area contributed by atoms with Crippen LogP contribution in [0.5, 0.6) is 0 Å². The van der Waals surface area contributed by atoms with Crippen LogP contribution in [0.3, 0.4) is 0 Å². The minimum atomic E-state index is -3.66. The zero-order valence-corrected chi connectivity index (χ0v) is 18.7. The number of nitrogens with zero attached hydrogens (tertiary/aromatic N) is 3. The predicted molar refractivity (Wildman–Crippen MR) is 116 cm³/mol. The number of ether oxygens (including phenoxy) is 1. The van der Waals surface area contributed by atoms with E-state index in [4.69, 9.17) is 4.74 Å². The Hall–Kier alpha value is -2.62. The van der Waals surface area contributed by atoms with Gasteiger partial charge in [0.2, 0.25) is 10.0 Å². The summed E-state index contributed by atoms with van der Waals surface area (Å²) in [6.07, 6.45) is 1.69. The number of thiazole rings is 1. The molecular formula is C21H23N3O4S2. The number of esters is 1. The number of hydrogen-bond acceptors (Lipinski definition) is 7. The molecule has 0 saturated carbocycles. The minimum absolute atomic E-state index is 0.00533. The first-order valence-electron chi connectivity index (χ1n) is 9.50. The molecule has 0 saturated heterocycles. The number of carbonyl (C=O) groups excluding carboxylic acids is 1. The van der Waals surface area contributed by atoms with Crippen LogP contribution < -0.4 is 0 Å². The Bertz CT molecular complexity index is 1120. The Balaban J connectivity index is 1.75. The van der Waals surface area contributed by atoms with E-state index in [0.717, 1.165) is 10.7 Å². The summed E-state index contributed by atoms with van der Waals surface area (Å²) in [7, 11) is -3.66. The fourth-order valence-corrected chi connectivity index (χ4v) is 5.16. The molecule has 0 amide bonds. The monoisotopic (exact) mass is 445 g/mol. The Morgan fingerprint density at radius 2 is 1.93 bits per heavy atom. The molecule has 9 heteroatoms. The zero-order valence-electron chi connectivity index (χ0n) is 17.0. The van der Waals surface area contributed by atoms with Crippen molar-refractivity contribution in [2.75, 3.05) is 13.1 Å². The standard InChI is InChI=1S/C21H23N3O4S2/c1-4-24(5-2)30(26,27)17-10-9-15(3)18(12-17)21(25)28-13-16-14-29-20(23-16)19-8-6-7-11-22-19/h6-12,14H,4-5,13H2,1-3H3. The van der Waals surface area contributed by atoms with E-state index in [1.165, 1.54) is 27.8 Å². The molecule has 0 fully saturated rings. The van der Waals surface area contributed by atoms with E-state index in [9.17, 15) is 13.2 Å². The fourth-order valence-electron chi connectivity index (χ4n) is 2.89. The Kier molecular flexibility index (Phi) is 6.96. The minimum Gasteiger partial charge on any atom is -0.456 e. The van der Waals surface area contributed by atoms with Crippen LogP contribution in [0.1, 0.15) is 35.5 Å². The summed E-state index contributed by atoms with van der Waals surface area (Å²) in [4.78, 5) is 21.4. The third-order valence-corrected chi connectivity index (χ3v) is 7.52. The second-order valence-electron chi connectivity index (χ2n) is 6.50. The summed E-state index contributed by atoms with van der Waals surface area (Å²) >= 11 is 1.42. The van der Waals surface area contributed by atoms with Gasteiger partial charge in [-0.15, -0.1) is 11.3 Å². The van der Waals surface area contributed by atoms with Crippen molar-refractivity contribution >= 4 is 27.3 Å². The molecule has 2 aromatic heterocycles. The molecule has 0 aliphatic carbocycles. The zero-order chi connectivity index (χ0) is 21.7. The van der Waals surface area contributed by atoms with E-state index in [1.807, 2.05) is 23.6 Å². The van der Waals surface area contributed by atoms with Crippen molar-refractivity contribution in [3.05, 3.63) is 64.8 Å². The summed E-state index contributed by atoms with van der Waals surface area (Å²) in [5.41, 5.74) is 2.23. The molecule has 0 bridgehead atoms. The van der Waals surface area contributed by atoms with E-state index < -0.39 is 16.0 Å². The number of aryl methyl sites for hydroxylation is 1. The molecule has 2 heterocycles. The van der Waals surface area contributed by atoms with Gasteiger partial charge in [0.1, 0.15) is 11.6 Å². The fraction of sp³-hybridized carbons (Fsp3) is 0.286. The number of aromatic nitrogens is 2. The average Bonchev–Trinajstić information content (AvgIpc) is 3.22. The van der Waals surface area contributed by atoms with Crippen molar-refractivity contribution in [2.24, 2.45) is 0 Å². The van der Waals surface area contributed by atoms with Crippen LogP contribution in [0.25, 0.3) is 10.7 Å². The first-order valence-corrected chi connectivity index (χ1v) is 11.8. The van der Waals surface area contributed by atoms with Crippen molar-refractivity contribution in [3.63, 3.8) is 0 Å². The van der Waals surface area contributed by atoms with Crippen molar-refractivity contribution in [2.45, 2.75) is 32.3 Å². The first-order chi connectivity index (χ1) is 14.4. The highest BCUT2D eigenvalue weighted by Gasteiger charge is 2.24. The van der Waals surface area contributed by atoms with Crippen LogP contribution >= 0.6 is 11.3 Å². The lowest BCUT2D eigenvalue weighted by atomic mass is 10.1. The maximum atomic E-state index is 12.8. The maximum Gasteiger partial charge on any atom is 0.338 e. The van der Waals surface area contributed by atoms with Crippen molar-refractivity contribution in [3.8, 4) is 10.7 Å². The summed E-state index contributed by atoms with van der Waals surface area (Å²) in [5.74, 6) is -0.587. The van der Waals surface area contributed by atoms with Crippen LogP contribution in [0.2, 0.25) is 0 Å². The number of carbonyl (C=O) groups is 1. The van der Waals surface area contributed by atoms with Gasteiger partial charge in [-0.1, -0.05) is 26.0 Å². The highest BCUT2D eigenvalue weighted by molar-refractivity contribution is 7.89. The molecule has 3 rings (SSSR count). The average molecular weight is 446 g/mol. The van der Waals surface area contributed by atoms with Crippen molar-refractivity contribution < 1.29 is 17.9 Å². The lowest BCUT2D eigenvalue weighted by Crippen LogP contribution is -2.30. The highest BCUT2D eigenvalue weighted by atomic mass is 32.2. The normalized spacial score (nSPS) is 11.6. The molecule has 30 heavy (non-hydrogen) atoms. The molecular weight excluding hydrogens is 422 g/mol. The lowest BCUT2D eigenvalue weighted by molar-refractivity contribution is 0.0467. The predicted octanol–water partition coefficient (Wildman–Crippen LogP) is 3.90. The van der Waals surface area contributed by atoms with E-state index in [2.05, 4.69) is 9.97 Å². The van der Waals surface area contributed by atoms with Crippen molar-refractivity contribution in [1.82, 2.24) is 14.3 Å². The van der Waals surface area contributed by atoms with Gasteiger partial charge in [0.15, 0.2) is 0 Å². The smallest absolute Gasteiger partial charge is 0.338 e. The molecule has 0 aliphatic rings. The molecule has 158 valence electrons. The molecule has 0 radical (unpaired) electrons. The van der Waals surface area contributed by atoms with Crippen LogP contribution in [-0.2, 0) is 21.4 Å². The van der Waals surface area contributed by atoms with E-state index >= 15 is 0 Å². The van der Waals surface area contributed by atoms with Gasteiger partial charge in [0.25, 0.3) is 0 Å². The summed E-state index contributed by atoms with van der Waals surface area (Å²) in [6, 6.07) is 10.1. The van der Waals surface area contributed by atoms with Gasteiger partial charge in [0.05, 0.1) is 21.8 Å². The lowest BCUT2D eigenvalue weighted by Gasteiger charge is -2.19. The number of rotatable bonds is 8. The van der Waals surface area contributed by atoms with Gasteiger partial charge >= 0.3 is 5.97 Å². The number of pyridine rings is 1. The third kappa shape index (κ3) is 4.75. The number of hydrogen-bond donors (Lipinski definition) is 0. The first kappa shape index (κ1) is 22.1.